The molecule has 0 spiro atoms. The van der Waals surface area contributed by atoms with Gasteiger partial charge in [-0.15, -0.1) is 0 Å². The van der Waals surface area contributed by atoms with Gasteiger partial charge in [0.25, 0.3) is 0 Å². The first kappa shape index (κ1) is 9.43. The van der Waals surface area contributed by atoms with Crippen LogP contribution in [-0.4, -0.2) is 4.98 Å². The van der Waals surface area contributed by atoms with Crippen molar-refractivity contribution in [2.24, 2.45) is 5.84 Å². The summed E-state index contributed by atoms with van der Waals surface area (Å²) >= 11 is 3.47. The van der Waals surface area contributed by atoms with Crippen molar-refractivity contribution >= 4 is 32.5 Å². The lowest BCUT2D eigenvalue weighted by Gasteiger charge is -2.07. The Kier molecular flexibility index (Phi) is 2.39. The molecule has 1 aromatic carbocycles. The number of nitrogens with one attached hydrogen (secondary N) is 1. The van der Waals surface area contributed by atoms with Crippen LogP contribution in [0.1, 0.15) is 5.56 Å². The third-order valence-electron chi connectivity index (χ3n) is 2.26. The molecule has 3 nitrogen and oxygen atoms in total. The standard InChI is InChI=1S/C10H10BrN3/c1-6-8(11)3-2-7-9(14-12)4-5-13-10(6)7/h2-5H,12H2,1H3,(H,13,14). The van der Waals surface area contributed by atoms with E-state index in [0.29, 0.717) is 0 Å². The minimum absolute atomic E-state index is 0.894. The Hall–Kier alpha value is -1.13. The lowest BCUT2D eigenvalue weighted by atomic mass is 10.1. The normalized spacial score (nSPS) is 10.5. The fourth-order valence-electron chi connectivity index (χ4n) is 1.46. The van der Waals surface area contributed by atoms with Gasteiger partial charge in [-0.1, -0.05) is 15.9 Å². The Morgan fingerprint density at radius 1 is 1.36 bits per heavy atom. The summed E-state index contributed by atoms with van der Waals surface area (Å²) in [5.41, 5.74) is 5.65. The number of rotatable bonds is 1. The van der Waals surface area contributed by atoms with Gasteiger partial charge in [0.1, 0.15) is 0 Å². The number of anilines is 1. The Morgan fingerprint density at radius 2 is 2.14 bits per heavy atom. The fourth-order valence-corrected chi connectivity index (χ4v) is 1.78. The monoisotopic (exact) mass is 251 g/mol. The second-order valence-electron chi connectivity index (χ2n) is 3.07. The van der Waals surface area contributed by atoms with Crippen LogP contribution in [-0.2, 0) is 0 Å². The highest BCUT2D eigenvalue weighted by molar-refractivity contribution is 9.10. The highest BCUT2D eigenvalue weighted by Crippen LogP contribution is 2.28. The number of hydrogen-bond acceptors (Lipinski definition) is 3. The quantitative estimate of drug-likeness (QED) is 0.605. The predicted molar refractivity (Wildman–Crippen MR) is 62.0 cm³/mol. The predicted octanol–water partition coefficient (Wildman–Crippen LogP) is 2.59. The van der Waals surface area contributed by atoms with E-state index in [2.05, 4.69) is 26.3 Å². The highest BCUT2D eigenvalue weighted by Gasteiger charge is 2.05. The second-order valence-corrected chi connectivity index (χ2v) is 3.93. The first-order chi connectivity index (χ1) is 6.74. The first-order valence-electron chi connectivity index (χ1n) is 4.24. The number of aryl methyl sites for hydroxylation is 1. The zero-order valence-corrected chi connectivity index (χ0v) is 9.30. The average molecular weight is 252 g/mol. The van der Waals surface area contributed by atoms with Gasteiger partial charge < -0.3 is 5.43 Å². The number of nitrogen functional groups attached to an aromatic ring is 1. The fraction of sp³-hybridized carbons (Fsp3) is 0.100. The summed E-state index contributed by atoms with van der Waals surface area (Å²) in [5, 5.41) is 1.04. The van der Waals surface area contributed by atoms with E-state index in [1.165, 1.54) is 0 Å². The van der Waals surface area contributed by atoms with Crippen LogP contribution in [0.4, 0.5) is 5.69 Å². The molecule has 0 saturated heterocycles. The summed E-state index contributed by atoms with van der Waals surface area (Å²) < 4.78 is 1.06. The number of nitrogens with zero attached hydrogens (tertiary/aromatic N) is 1. The lowest BCUT2D eigenvalue weighted by molar-refractivity contribution is 1.31. The van der Waals surface area contributed by atoms with Gasteiger partial charge in [-0.05, 0) is 30.7 Å². The van der Waals surface area contributed by atoms with Gasteiger partial charge in [0, 0.05) is 16.1 Å². The molecule has 2 aromatic rings. The van der Waals surface area contributed by atoms with Crippen LogP contribution in [0.15, 0.2) is 28.9 Å². The van der Waals surface area contributed by atoms with E-state index in [-0.39, 0.29) is 0 Å². The van der Waals surface area contributed by atoms with Crippen molar-refractivity contribution in [2.75, 3.05) is 5.43 Å². The summed E-state index contributed by atoms with van der Waals surface area (Å²) in [5.74, 6) is 5.41. The molecule has 0 aliphatic rings. The van der Waals surface area contributed by atoms with Crippen LogP contribution in [0.2, 0.25) is 0 Å². The molecule has 1 aromatic heterocycles. The van der Waals surface area contributed by atoms with Crippen molar-refractivity contribution in [1.29, 1.82) is 0 Å². The molecule has 0 unspecified atom stereocenters. The van der Waals surface area contributed by atoms with E-state index in [4.69, 9.17) is 5.84 Å². The molecule has 1 heterocycles. The molecule has 0 radical (unpaired) electrons. The van der Waals surface area contributed by atoms with Crippen LogP contribution < -0.4 is 11.3 Å². The Balaban J connectivity index is 2.86. The number of halogens is 1. The minimum Gasteiger partial charge on any atom is -0.323 e. The molecule has 4 heteroatoms. The number of nitrogens with two attached hydrogens (primary N) is 1. The molecule has 0 aliphatic carbocycles. The molecule has 0 atom stereocenters. The van der Waals surface area contributed by atoms with Crippen LogP contribution in [0.25, 0.3) is 10.9 Å². The van der Waals surface area contributed by atoms with E-state index >= 15 is 0 Å². The van der Waals surface area contributed by atoms with Gasteiger partial charge in [-0.2, -0.15) is 0 Å². The van der Waals surface area contributed by atoms with Crippen molar-refractivity contribution in [3.63, 3.8) is 0 Å². The Bertz CT molecular complexity index is 482. The molecular formula is C10H10BrN3. The molecule has 72 valence electrons. The van der Waals surface area contributed by atoms with Gasteiger partial charge in [0.15, 0.2) is 0 Å². The summed E-state index contributed by atoms with van der Waals surface area (Å²) in [6.45, 7) is 2.03. The van der Waals surface area contributed by atoms with Crippen LogP contribution in [0, 0.1) is 6.92 Å². The smallest absolute Gasteiger partial charge is 0.0763 e. The molecule has 0 bridgehead atoms. The molecule has 14 heavy (non-hydrogen) atoms. The van der Waals surface area contributed by atoms with E-state index in [9.17, 15) is 0 Å². The van der Waals surface area contributed by atoms with Crippen molar-refractivity contribution in [3.05, 3.63) is 34.4 Å². The van der Waals surface area contributed by atoms with Gasteiger partial charge in [0.05, 0.1) is 11.2 Å². The Morgan fingerprint density at radius 3 is 2.86 bits per heavy atom. The van der Waals surface area contributed by atoms with Crippen LogP contribution in [0.5, 0.6) is 0 Å². The number of aromatic nitrogens is 1. The number of hydrazine groups is 1. The zero-order valence-electron chi connectivity index (χ0n) is 7.71. The van der Waals surface area contributed by atoms with Crippen molar-refractivity contribution < 1.29 is 0 Å². The van der Waals surface area contributed by atoms with Crippen molar-refractivity contribution in [2.45, 2.75) is 6.92 Å². The SMILES string of the molecule is Cc1c(Br)ccc2c(NN)ccnc12. The summed E-state index contributed by atoms with van der Waals surface area (Å²) in [7, 11) is 0. The maximum absolute atomic E-state index is 5.41. The summed E-state index contributed by atoms with van der Waals surface area (Å²) in [6.07, 6.45) is 1.75. The maximum atomic E-state index is 5.41. The topological polar surface area (TPSA) is 50.9 Å². The van der Waals surface area contributed by atoms with Crippen LogP contribution >= 0.6 is 15.9 Å². The van der Waals surface area contributed by atoms with Gasteiger partial charge in [0.2, 0.25) is 0 Å². The van der Waals surface area contributed by atoms with E-state index < -0.39 is 0 Å². The zero-order chi connectivity index (χ0) is 10.1. The molecule has 0 amide bonds. The Labute approximate surface area is 90.4 Å². The number of hydrogen-bond donors (Lipinski definition) is 2. The minimum atomic E-state index is 0.894. The molecule has 0 aliphatic heterocycles. The van der Waals surface area contributed by atoms with Crippen LogP contribution in [0.3, 0.4) is 0 Å². The van der Waals surface area contributed by atoms with Gasteiger partial charge >= 0.3 is 0 Å². The third kappa shape index (κ3) is 1.36. The highest BCUT2D eigenvalue weighted by atomic mass is 79.9. The van der Waals surface area contributed by atoms with Gasteiger partial charge in [-0.25, -0.2) is 0 Å². The number of fused-ring (bicyclic) bond motifs is 1. The van der Waals surface area contributed by atoms with Crippen molar-refractivity contribution in [1.82, 2.24) is 4.98 Å². The molecule has 3 N–H and O–H groups in total. The lowest BCUT2D eigenvalue weighted by Crippen LogP contribution is -2.07. The van der Waals surface area contributed by atoms with Crippen molar-refractivity contribution in [3.8, 4) is 0 Å². The van der Waals surface area contributed by atoms with Gasteiger partial charge in [-0.3, -0.25) is 10.8 Å². The third-order valence-corrected chi connectivity index (χ3v) is 3.11. The number of benzene rings is 1. The van der Waals surface area contributed by atoms with E-state index in [0.717, 1.165) is 26.6 Å². The molecule has 2 rings (SSSR count). The van der Waals surface area contributed by atoms with E-state index in [1.54, 1.807) is 6.20 Å². The molecule has 0 fully saturated rings. The maximum Gasteiger partial charge on any atom is 0.0763 e. The molecular weight excluding hydrogens is 242 g/mol. The first-order valence-corrected chi connectivity index (χ1v) is 5.04. The largest absolute Gasteiger partial charge is 0.323 e. The average Bonchev–Trinajstić information content (AvgIpc) is 2.23. The summed E-state index contributed by atoms with van der Waals surface area (Å²) in [6, 6.07) is 5.85. The summed E-state index contributed by atoms with van der Waals surface area (Å²) in [4.78, 5) is 4.32. The molecule has 0 saturated carbocycles. The second kappa shape index (κ2) is 3.55. The number of pyridine rings is 1. The van der Waals surface area contributed by atoms with E-state index in [1.807, 2.05) is 25.1 Å².